The zero-order valence-electron chi connectivity index (χ0n) is 19.0. The van der Waals surface area contributed by atoms with Crippen molar-refractivity contribution in [3.63, 3.8) is 0 Å². The van der Waals surface area contributed by atoms with Gasteiger partial charge in [0.25, 0.3) is 11.5 Å². The van der Waals surface area contributed by atoms with Gasteiger partial charge in [0, 0.05) is 28.6 Å². The number of hydrogen-bond donors (Lipinski definition) is 1. The summed E-state index contributed by atoms with van der Waals surface area (Å²) in [6.45, 7) is 0. The predicted octanol–water partition coefficient (Wildman–Crippen LogP) is 5.07. The first-order valence-electron chi connectivity index (χ1n) is 12.2. The summed E-state index contributed by atoms with van der Waals surface area (Å²) in [6.07, 6.45) is 8.76. The predicted molar refractivity (Wildman–Crippen MR) is 131 cm³/mol. The van der Waals surface area contributed by atoms with E-state index in [0.717, 1.165) is 37.0 Å². The average molecular weight is 450 g/mol. The Morgan fingerprint density at radius 2 is 1.53 bits per heavy atom. The van der Waals surface area contributed by atoms with Crippen LogP contribution in [0.15, 0.2) is 71.7 Å². The van der Waals surface area contributed by atoms with E-state index in [0.29, 0.717) is 27.9 Å². The molecule has 4 aliphatic rings. The van der Waals surface area contributed by atoms with Crippen LogP contribution in [0.1, 0.15) is 54.4 Å². The molecule has 170 valence electrons. The van der Waals surface area contributed by atoms with Gasteiger partial charge in [-0.15, -0.1) is 0 Å². The second-order valence-corrected chi connectivity index (χ2v) is 10.5. The number of nitrogens with one attached hydrogen (secondary N) is 1. The molecular weight excluding hydrogens is 422 g/mol. The van der Waals surface area contributed by atoms with Crippen LogP contribution in [0, 0.1) is 29.1 Å². The topological polar surface area (TPSA) is 74.9 Å². The van der Waals surface area contributed by atoms with Crippen molar-refractivity contribution in [2.24, 2.45) is 17.8 Å². The van der Waals surface area contributed by atoms with Gasteiger partial charge in [-0.2, -0.15) is 5.26 Å². The molecule has 0 atom stereocenters. The van der Waals surface area contributed by atoms with Gasteiger partial charge < -0.3 is 5.32 Å². The minimum Gasteiger partial charge on any atom is -0.347 e. The molecule has 5 nitrogen and oxygen atoms in total. The van der Waals surface area contributed by atoms with Gasteiger partial charge in [-0.3, -0.25) is 14.2 Å². The Hall–Kier alpha value is -3.65. The molecule has 4 aliphatic carbocycles. The Morgan fingerprint density at radius 3 is 2.18 bits per heavy atom. The van der Waals surface area contributed by atoms with E-state index in [9.17, 15) is 14.9 Å². The van der Waals surface area contributed by atoms with E-state index in [1.165, 1.54) is 23.8 Å². The number of rotatable bonds is 4. The molecule has 34 heavy (non-hydrogen) atoms. The van der Waals surface area contributed by atoms with Gasteiger partial charge in [0.15, 0.2) is 0 Å². The average Bonchev–Trinajstić information content (AvgIpc) is 2.83. The number of para-hydroxylation sites is 1. The smallest absolute Gasteiger partial charge is 0.263 e. The molecule has 3 aromatic rings. The second-order valence-electron chi connectivity index (χ2n) is 10.5. The Labute approximate surface area is 199 Å². The Kier molecular flexibility index (Phi) is 4.91. The minimum absolute atomic E-state index is 0.121. The molecule has 1 amide bonds. The number of amides is 1. The highest BCUT2D eigenvalue weighted by molar-refractivity contribution is 5.96. The molecule has 0 aliphatic heterocycles. The van der Waals surface area contributed by atoms with Crippen molar-refractivity contribution >= 4 is 5.91 Å². The van der Waals surface area contributed by atoms with Gasteiger partial charge in [-0.25, -0.2) is 0 Å². The monoisotopic (exact) mass is 449 g/mol. The molecule has 0 saturated heterocycles. The number of hydrogen-bond acceptors (Lipinski definition) is 3. The van der Waals surface area contributed by atoms with Crippen LogP contribution in [-0.2, 0) is 0 Å². The lowest BCUT2D eigenvalue weighted by molar-refractivity contribution is -0.0167. The van der Waals surface area contributed by atoms with Crippen molar-refractivity contribution in [1.29, 1.82) is 5.26 Å². The Balaban J connectivity index is 1.44. The van der Waals surface area contributed by atoms with Gasteiger partial charge in [-0.05, 0) is 80.5 Å². The van der Waals surface area contributed by atoms with E-state index >= 15 is 0 Å². The third-order valence-electron chi connectivity index (χ3n) is 8.07. The van der Waals surface area contributed by atoms with Crippen LogP contribution >= 0.6 is 0 Å². The first kappa shape index (κ1) is 20.9. The van der Waals surface area contributed by atoms with Crippen molar-refractivity contribution in [1.82, 2.24) is 9.88 Å². The molecule has 0 unspecified atom stereocenters. The van der Waals surface area contributed by atoms with Crippen LogP contribution in [-0.4, -0.2) is 16.0 Å². The van der Waals surface area contributed by atoms with E-state index in [1.54, 1.807) is 30.5 Å². The molecule has 0 spiro atoms. The fourth-order valence-corrected chi connectivity index (χ4v) is 7.07. The summed E-state index contributed by atoms with van der Waals surface area (Å²) in [5, 5.41) is 13.1. The zero-order chi connectivity index (χ0) is 23.3. The second kappa shape index (κ2) is 7.99. The quantitative estimate of drug-likeness (QED) is 0.604. The number of aromatic nitrogens is 1. The zero-order valence-corrected chi connectivity index (χ0v) is 19.0. The van der Waals surface area contributed by atoms with Crippen molar-refractivity contribution in [3.05, 3.63) is 88.3 Å². The number of pyridine rings is 1. The fraction of sp³-hybridized carbons (Fsp3) is 0.345. The summed E-state index contributed by atoms with van der Waals surface area (Å²) in [5.41, 5.74) is 2.08. The maximum Gasteiger partial charge on any atom is 0.263 e. The lowest BCUT2D eigenvalue weighted by Gasteiger charge is -2.56. The van der Waals surface area contributed by atoms with Crippen molar-refractivity contribution in [2.75, 3.05) is 0 Å². The van der Waals surface area contributed by atoms with Gasteiger partial charge in [0.2, 0.25) is 0 Å². The third-order valence-corrected chi connectivity index (χ3v) is 8.07. The maximum absolute atomic E-state index is 13.7. The van der Waals surface area contributed by atoms with Crippen molar-refractivity contribution in [2.45, 2.75) is 44.1 Å². The number of nitriles is 1. The molecule has 7 rings (SSSR count). The van der Waals surface area contributed by atoms with Crippen LogP contribution < -0.4 is 10.9 Å². The molecule has 0 radical (unpaired) electrons. The summed E-state index contributed by atoms with van der Waals surface area (Å²) < 4.78 is 1.53. The highest BCUT2D eigenvalue weighted by atomic mass is 16.2. The van der Waals surface area contributed by atoms with Crippen LogP contribution in [0.3, 0.4) is 0 Å². The Bertz CT molecular complexity index is 1330. The van der Waals surface area contributed by atoms with E-state index in [1.807, 2.05) is 36.4 Å². The largest absolute Gasteiger partial charge is 0.347 e. The number of benzene rings is 2. The van der Waals surface area contributed by atoms with E-state index < -0.39 is 0 Å². The lowest BCUT2D eigenvalue weighted by Crippen LogP contribution is -2.59. The summed E-state index contributed by atoms with van der Waals surface area (Å²) in [7, 11) is 0. The first-order chi connectivity index (χ1) is 16.5. The molecule has 1 N–H and O–H groups in total. The van der Waals surface area contributed by atoms with Crippen LogP contribution in [0.2, 0.25) is 0 Å². The number of nitrogens with zero attached hydrogens (tertiary/aromatic N) is 2. The highest BCUT2D eigenvalue weighted by Gasteiger charge is 2.51. The summed E-state index contributed by atoms with van der Waals surface area (Å²) in [5.74, 6) is 2.04. The number of carbonyl (C=O) groups excluding carboxylic acids is 1. The molecule has 4 fully saturated rings. The summed E-state index contributed by atoms with van der Waals surface area (Å²) in [4.78, 5) is 27.2. The molecular formula is C29H27N3O2. The molecule has 5 heteroatoms. The lowest BCUT2D eigenvalue weighted by atomic mass is 9.53. The minimum atomic E-state index is -0.250. The summed E-state index contributed by atoms with van der Waals surface area (Å²) in [6, 6.07) is 20.2. The van der Waals surface area contributed by atoms with Crippen LogP contribution in [0.4, 0.5) is 0 Å². The van der Waals surface area contributed by atoms with Crippen molar-refractivity contribution in [3.8, 4) is 22.9 Å². The molecule has 4 bridgehead atoms. The normalized spacial score (nSPS) is 26.7. The van der Waals surface area contributed by atoms with E-state index in [-0.39, 0.29) is 17.0 Å². The fourth-order valence-electron chi connectivity index (χ4n) is 7.07. The molecule has 2 aromatic carbocycles. The van der Waals surface area contributed by atoms with Crippen LogP contribution in [0.25, 0.3) is 16.8 Å². The first-order valence-corrected chi connectivity index (χ1v) is 12.2. The Morgan fingerprint density at radius 1 is 0.912 bits per heavy atom. The van der Waals surface area contributed by atoms with Crippen molar-refractivity contribution < 1.29 is 4.79 Å². The third kappa shape index (κ3) is 3.54. The molecule has 1 heterocycles. The molecule has 1 aromatic heterocycles. The summed E-state index contributed by atoms with van der Waals surface area (Å²) >= 11 is 0. The van der Waals surface area contributed by atoms with Gasteiger partial charge in [0.1, 0.15) is 0 Å². The van der Waals surface area contributed by atoms with E-state index in [2.05, 4.69) is 11.4 Å². The highest BCUT2D eigenvalue weighted by Crippen LogP contribution is 2.55. The maximum atomic E-state index is 13.7. The van der Waals surface area contributed by atoms with Gasteiger partial charge in [-0.1, -0.05) is 36.4 Å². The van der Waals surface area contributed by atoms with Gasteiger partial charge in [0.05, 0.1) is 17.2 Å². The van der Waals surface area contributed by atoms with Gasteiger partial charge >= 0.3 is 0 Å². The standard InChI is InChI=1S/C29H27N3O2/c30-17-22-6-4-5-9-25(22)26-13-23(18-32(28(26)34)24-7-2-1-3-8-24)27(33)31-29-14-19-10-20(15-29)12-21(11-19)16-29/h1-9,13,18-21H,10-12,14-16H2,(H,31,33). The number of carbonyl (C=O) groups is 1. The SMILES string of the molecule is N#Cc1ccccc1-c1cc(C(=O)NC23CC4CC(CC(C4)C2)C3)cn(-c2ccccc2)c1=O. The molecule has 4 saturated carbocycles. The van der Waals surface area contributed by atoms with E-state index in [4.69, 9.17) is 0 Å². The van der Waals surface area contributed by atoms with Crippen LogP contribution in [0.5, 0.6) is 0 Å².